The van der Waals surface area contributed by atoms with Crippen molar-refractivity contribution < 1.29 is 23.1 Å². The van der Waals surface area contributed by atoms with Crippen molar-refractivity contribution in [1.29, 1.82) is 0 Å². The highest BCUT2D eigenvalue weighted by Crippen LogP contribution is 2.17. The maximum absolute atomic E-state index is 13.3. The number of hydrogen-bond donors (Lipinski definition) is 1. The minimum Gasteiger partial charge on any atom is -0.452 e. The Balaban J connectivity index is 1.85. The first kappa shape index (κ1) is 16.4. The fourth-order valence-corrected chi connectivity index (χ4v) is 1.71. The van der Waals surface area contributed by atoms with E-state index < -0.39 is 35.8 Å². The summed E-state index contributed by atoms with van der Waals surface area (Å²) in [5.74, 6) is -3.39. The Labute approximate surface area is 131 Å². The summed E-state index contributed by atoms with van der Waals surface area (Å²) in [6.07, 6.45) is 2.68. The Morgan fingerprint density at radius 1 is 1.00 bits per heavy atom. The first-order valence-electron chi connectivity index (χ1n) is 6.70. The third kappa shape index (κ3) is 5.03. The summed E-state index contributed by atoms with van der Waals surface area (Å²) in [6.45, 7) is -0.647. The molecule has 4 nitrogen and oxygen atoms in total. The summed E-state index contributed by atoms with van der Waals surface area (Å²) in [7, 11) is 0. The van der Waals surface area contributed by atoms with Crippen LogP contribution in [0.4, 0.5) is 14.5 Å². The first-order valence-corrected chi connectivity index (χ1v) is 6.70. The molecule has 2 aromatic carbocycles. The van der Waals surface area contributed by atoms with Crippen LogP contribution in [0.15, 0.2) is 54.6 Å². The van der Waals surface area contributed by atoms with Gasteiger partial charge in [0.15, 0.2) is 6.61 Å². The number of anilines is 1. The van der Waals surface area contributed by atoms with E-state index in [9.17, 15) is 18.4 Å². The third-order valence-electron chi connectivity index (χ3n) is 2.78. The van der Waals surface area contributed by atoms with Crippen molar-refractivity contribution in [3.63, 3.8) is 0 Å². The molecule has 0 atom stereocenters. The largest absolute Gasteiger partial charge is 0.452 e. The second kappa shape index (κ2) is 7.84. The maximum atomic E-state index is 13.3. The van der Waals surface area contributed by atoms with Gasteiger partial charge in [-0.3, -0.25) is 4.79 Å². The van der Waals surface area contributed by atoms with Crippen molar-refractivity contribution in [2.24, 2.45) is 0 Å². The molecule has 0 saturated carbocycles. The van der Waals surface area contributed by atoms with Gasteiger partial charge in [-0.15, -0.1) is 0 Å². The van der Waals surface area contributed by atoms with E-state index in [1.54, 1.807) is 24.3 Å². The van der Waals surface area contributed by atoms with Crippen molar-refractivity contribution in [2.45, 2.75) is 0 Å². The Morgan fingerprint density at radius 3 is 2.30 bits per heavy atom. The lowest BCUT2D eigenvalue weighted by atomic mass is 10.2. The van der Waals surface area contributed by atoms with Crippen LogP contribution >= 0.6 is 0 Å². The highest BCUT2D eigenvalue weighted by atomic mass is 19.1. The molecular weight excluding hydrogens is 304 g/mol. The normalized spacial score (nSPS) is 10.5. The zero-order chi connectivity index (χ0) is 16.7. The average molecular weight is 317 g/mol. The van der Waals surface area contributed by atoms with Gasteiger partial charge >= 0.3 is 5.97 Å². The Morgan fingerprint density at radius 2 is 1.65 bits per heavy atom. The molecule has 0 bridgehead atoms. The van der Waals surface area contributed by atoms with Crippen molar-refractivity contribution in [3.05, 3.63) is 71.8 Å². The highest BCUT2D eigenvalue weighted by Gasteiger charge is 2.12. The molecule has 0 aliphatic carbocycles. The average Bonchev–Trinajstić information content (AvgIpc) is 2.55. The molecule has 0 aromatic heterocycles. The van der Waals surface area contributed by atoms with Gasteiger partial charge in [-0.05, 0) is 23.8 Å². The van der Waals surface area contributed by atoms with Crippen LogP contribution in [0.3, 0.4) is 0 Å². The van der Waals surface area contributed by atoms with Crippen molar-refractivity contribution in [1.82, 2.24) is 0 Å². The smallest absolute Gasteiger partial charge is 0.331 e. The maximum Gasteiger partial charge on any atom is 0.331 e. The second-order valence-corrected chi connectivity index (χ2v) is 4.50. The lowest BCUT2D eigenvalue weighted by Crippen LogP contribution is -2.21. The van der Waals surface area contributed by atoms with Crippen LogP contribution in [0.2, 0.25) is 0 Å². The minimum absolute atomic E-state index is 0.576. The van der Waals surface area contributed by atoms with E-state index in [1.807, 2.05) is 11.4 Å². The topological polar surface area (TPSA) is 55.4 Å². The number of benzene rings is 2. The van der Waals surface area contributed by atoms with Crippen molar-refractivity contribution in [2.75, 3.05) is 11.9 Å². The van der Waals surface area contributed by atoms with E-state index in [0.717, 1.165) is 23.8 Å². The van der Waals surface area contributed by atoms with E-state index >= 15 is 0 Å². The van der Waals surface area contributed by atoms with E-state index in [2.05, 4.69) is 0 Å². The van der Waals surface area contributed by atoms with Crippen molar-refractivity contribution in [3.8, 4) is 0 Å². The molecule has 0 aliphatic heterocycles. The minimum atomic E-state index is -0.909. The van der Waals surface area contributed by atoms with E-state index in [1.165, 1.54) is 12.1 Å². The number of ether oxygens (including phenoxy) is 1. The summed E-state index contributed by atoms with van der Waals surface area (Å²) < 4.78 is 31.4. The molecule has 2 rings (SSSR count). The lowest BCUT2D eigenvalue weighted by molar-refractivity contribution is -0.142. The standard InChI is InChI=1S/C17H13F2NO3/c18-13-7-4-8-14(19)17(13)20-15(21)11-23-16(22)10-9-12-5-2-1-3-6-12/h1-10H,11H2,(H,20,21). The molecule has 6 heteroatoms. The summed E-state index contributed by atoms with van der Waals surface area (Å²) in [4.78, 5) is 23.0. The number of carbonyl (C=O) groups excluding carboxylic acids is 2. The van der Waals surface area contributed by atoms with Crippen LogP contribution in [-0.2, 0) is 14.3 Å². The van der Waals surface area contributed by atoms with Crippen LogP contribution < -0.4 is 5.32 Å². The molecule has 118 valence electrons. The number of nitrogens with one attached hydrogen (secondary N) is 1. The van der Waals surface area contributed by atoms with Gasteiger partial charge in [0.05, 0.1) is 0 Å². The fraction of sp³-hybridized carbons (Fsp3) is 0.0588. The monoisotopic (exact) mass is 317 g/mol. The predicted molar refractivity (Wildman–Crippen MR) is 81.4 cm³/mol. The Bertz CT molecular complexity index is 710. The molecular formula is C17H13F2NO3. The molecule has 1 N–H and O–H groups in total. The molecule has 0 aliphatic rings. The highest BCUT2D eigenvalue weighted by molar-refractivity contribution is 5.94. The number of esters is 1. The second-order valence-electron chi connectivity index (χ2n) is 4.50. The number of rotatable bonds is 5. The Kier molecular flexibility index (Phi) is 5.57. The number of halogens is 2. The summed E-state index contributed by atoms with van der Waals surface area (Å²) in [5, 5.41) is 2.02. The molecule has 1 amide bonds. The number of amides is 1. The molecule has 0 fully saturated rings. The van der Waals surface area contributed by atoms with E-state index in [-0.39, 0.29) is 0 Å². The number of carbonyl (C=O) groups is 2. The van der Waals surface area contributed by atoms with Gasteiger partial charge < -0.3 is 10.1 Å². The summed E-state index contributed by atoms with van der Waals surface area (Å²) in [5.41, 5.74) is 0.218. The zero-order valence-corrected chi connectivity index (χ0v) is 12.0. The zero-order valence-electron chi connectivity index (χ0n) is 12.0. The lowest BCUT2D eigenvalue weighted by Gasteiger charge is -2.07. The number of hydrogen-bond acceptors (Lipinski definition) is 3. The molecule has 0 radical (unpaired) electrons. The van der Waals surface area contributed by atoms with Crippen LogP contribution in [0.1, 0.15) is 5.56 Å². The van der Waals surface area contributed by atoms with Gasteiger partial charge in [-0.1, -0.05) is 36.4 Å². The summed E-state index contributed by atoms with van der Waals surface area (Å²) >= 11 is 0. The molecule has 0 unspecified atom stereocenters. The quantitative estimate of drug-likeness (QED) is 0.681. The van der Waals surface area contributed by atoms with Gasteiger partial charge in [-0.2, -0.15) is 0 Å². The van der Waals surface area contributed by atoms with E-state index in [4.69, 9.17) is 4.74 Å². The van der Waals surface area contributed by atoms with Gasteiger partial charge in [0.25, 0.3) is 5.91 Å². The fourth-order valence-electron chi connectivity index (χ4n) is 1.71. The first-order chi connectivity index (χ1) is 11.1. The van der Waals surface area contributed by atoms with Crippen LogP contribution in [0, 0.1) is 11.6 Å². The van der Waals surface area contributed by atoms with Gasteiger partial charge in [0.2, 0.25) is 0 Å². The molecule has 2 aromatic rings. The molecule has 0 heterocycles. The third-order valence-corrected chi connectivity index (χ3v) is 2.78. The van der Waals surface area contributed by atoms with Gasteiger partial charge in [-0.25, -0.2) is 13.6 Å². The van der Waals surface area contributed by atoms with E-state index in [0.29, 0.717) is 0 Å². The molecule has 0 saturated heterocycles. The molecule has 23 heavy (non-hydrogen) atoms. The van der Waals surface area contributed by atoms with Gasteiger partial charge in [0, 0.05) is 6.08 Å². The molecule has 0 spiro atoms. The predicted octanol–water partition coefficient (Wildman–Crippen LogP) is 3.16. The van der Waals surface area contributed by atoms with Crippen LogP contribution in [0.5, 0.6) is 0 Å². The Hall–Kier alpha value is -3.02. The summed E-state index contributed by atoms with van der Waals surface area (Å²) in [6, 6.07) is 12.2. The number of para-hydroxylation sites is 1. The van der Waals surface area contributed by atoms with Crippen LogP contribution in [0.25, 0.3) is 6.08 Å². The van der Waals surface area contributed by atoms with Gasteiger partial charge in [0.1, 0.15) is 17.3 Å². The SMILES string of the molecule is O=C(COC(=O)C=Cc1ccccc1)Nc1c(F)cccc1F. The van der Waals surface area contributed by atoms with Crippen molar-refractivity contribution >= 4 is 23.6 Å². The van der Waals surface area contributed by atoms with Crippen LogP contribution in [-0.4, -0.2) is 18.5 Å².